The first-order valence-corrected chi connectivity index (χ1v) is 6.44. The first-order chi connectivity index (χ1) is 8.56. The van der Waals surface area contributed by atoms with Crippen molar-refractivity contribution in [3.63, 3.8) is 0 Å². The number of nitrogens with one attached hydrogen (secondary N) is 1. The van der Waals surface area contributed by atoms with Crippen LogP contribution in [0.15, 0.2) is 18.2 Å². The zero-order valence-corrected chi connectivity index (χ0v) is 11.0. The highest BCUT2D eigenvalue weighted by Crippen LogP contribution is 2.29. The Morgan fingerprint density at radius 3 is 2.67 bits per heavy atom. The molecule has 0 bridgehead atoms. The lowest BCUT2D eigenvalue weighted by atomic mass is 9.99. The summed E-state index contributed by atoms with van der Waals surface area (Å²) in [7, 11) is 0. The van der Waals surface area contributed by atoms with Crippen molar-refractivity contribution < 1.29 is 4.79 Å². The topological polar surface area (TPSA) is 52.9 Å². The lowest BCUT2D eigenvalue weighted by Crippen LogP contribution is -2.45. The molecule has 18 heavy (non-hydrogen) atoms. The smallest absolute Gasteiger partial charge is 0.254 e. The monoisotopic (exact) mass is 262 g/mol. The molecular weight excluding hydrogens is 248 g/mol. The second-order valence-corrected chi connectivity index (χ2v) is 5.25. The maximum absolute atomic E-state index is 12.2. The number of benzene rings is 1. The van der Waals surface area contributed by atoms with Crippen LogP contribution in [0.4, 0.5) is 0 Å². The molecule has 0 aromatic heterocycles. The summed E-state index contributed by atoms with van der Waals surface area (Å²) in [6.45, 7) is 1.92. The maximum Gasteiger partial charge on any atom is 0.254 e. The lowest BCUT2D eigenvalue weighted by Gasteiger charge is -2.22. The zero-order chi connectivity index (χ0) is 13.2. The van der Waals surface area contributed by atoms with E-state index >= 15 is 0 Å². The van der Waals surface area contributed by atoms with E-state index in [2.05, 4.69) is 11.4 Å². The maximum atomic E-state index is 12.2. The Balaban J connectivity index is 2.19. The van der Waals surface area contributed by atoms with Crippen LogP contribution in [0.2, 0.25) is 5.02 Å². The molecule has 3 nitrogen and oxygen atoms in total. The van der Waals surface area contributed by atoms with Gasteiger partial charge in [0, 0.05) is 0 Å². The SMILES string of the molecule is Cc1ccc(C(=O)NC2(C#N)CCCC2)c(Cl)c1. The molecule has 1 aromatic rings. The van der Waals surface area contributed by atoms with Crippen molar-refractivity contribution in [2.45, 2.75) is 38.1 Å². The van der Waals surface area contributed by atoms with E-state index in [4.69, 9.17) is 11.6 Å². The van der Waals surface area contributed by atoms with Crippen LogP contribution in [0, 0.1) is 18.3 Å². The van der Waals surface area contributed by atoms with Gasteiger partial charge in [-0.05, 0) is 50.3 Å². The van der Waals surface area contributed by atoms with Gasteiger partial charge in [0.15, 0.2) is 0 Å². The molecule has 1 saturated carbocycles. The quantitative estimate of drug-likeness (QED) is 0.890. The van der Waals surface area contributed by atoms with Gasteiger partial charge in [-0.25, -0.2) is 0 Å². The molecule has 0 radical (unpaired) electrons. The van der Waals surface area contributed by atoms with E-state index < -0.39 is 5.54 Å². The molecule has 4 heteroatoms. The number of rotatable bonds is 2. The minimum Gasteiger partial charge on any atom is -0.334 e. The molecule has 1 N–H and O–H groups in total. The van der Waals surface area contributed by atoms with Crippen molar-refractivity contribution >= 4 is 17.5 Å². The molecule has 1 aliphatic carbocycles. The van der Waals surface area contributed by atoms with Gasteiger partial charge in [0.1, 0.15) is 5.54 Å². The van der Waals surface area contributed by atoms with Crippen LogP contribution in [0.3, 0.4) is 0 Å². The molecule has 0 atom stereocenters. The number of carbonyl (C=O) groups excluding carboxylic acids is 1. The van der Waals surface area contributed by atoms with Gasteiger partial charge in [-0.1, -0.05) is 17.7 Å². The molecule has 94 valence electrons. The largest absolute Gasteiger partial charge is 0.334 e. The lowest BCUT2D eigenvalue weighted by molar-refractivity contribution is 0.0921. The van der Waals surface area contributed by atoms with Crippen molar-refractivity contribution in [3.8, 4) is 6.07 Å². The average Bonchev–Trinajstić information content (AvgIpc) is 2.78. The molecule has 1 amide bonds. The van der Waals surface area contributed by atoms with E-state index in [1.807, 2.05) is 13.0 Å². The van der Waals surface area contributed by atoms with E-state index in [0.717, 1.165) is 31.2 Å². The second kappa shape index (κ2) is 4.99. The summed E-state index contributed by atoms with van der Waals surface area (Å²) in [6, 6.07) is 7.53. The molecule has 0 saturated heterocycles. The number of amides is 1. The first-order valence-electron chi connectivity index (χ1n) is 6.06. The van der Waals surface area contributed by atoms with Gasteiger partial charge in [0.2, 0.25) is 0 Å². The Bertz CT molecular complexity index is 513. The highest BCUT2D eigenvalue weighted by molar-refractivity contribution is 6.33. The highest BCUT2D eigenvalue weighted by Gasteiger charge is 2.35. The van der Waals surface area contributed by atoms with Crippen molar-refractivity contribution in [2.24, 2.45) is 0 Å². The van der Waals surface area contributed by atoms with Gasteiger partial charge < -0.3 is 5.32 Å². The van der Waals surface area contributed by atoms with Crippen LogP contribution in [0.5, 0.6) is 0 Å². The molecule has 0 heterocycles. The predicted octanol–water partition coefficient (Wildman–Crippen LogP) is 3.21. The summed E-state index contributed by atoms with van der Waals surface area (Å²) in [5.41, 5.74) is 0.738. The van der Waals surface area contributed by atoms with E-state index in [1.165, 1.54) is 0 Å². The van der Waals surface area contributed by atoms with Gasteiger partial charge in [-0.3, -0.25) is 4.79 Å². The van der Waals surface area contributed by atoms with Crippen LogP contribution in [0.1, 0.15) is 41.6 Å². The Labute approximate surface area is 112 Å². The number of nitrogens with zero attached hydrogens (tertiary/aromatic N) is 1. The predicted molar refractivity (Wildman–Crippen MR) is 70.5 cm³/mol. The molecule has 2 rings (SSSR count). The summed E-state index contributed by atoms with van der Waals surface area (Å²) < 4.78 is 0. The number of hydrogen-bond acceptors (Lipinski definition) is 2. The van der Waals surface area contributed by atoms with Gasteiger partial charge >= 0.3 is 0 Å². The summed E-state index contributed by atoms with van der Waals surface area (Å²) in [4.78, 5) is 12.2. The van der Waals surface area contributed by atoms with Crippen LogP contribution in [-0.2, 0) is 0 Å². The molecule has 1 fully saturated rings. The normalized spacial score (nSPS) is 17.2. The van der Waals surface area contributed by atoms with E-state index in [0.29, 0.717) is 10.6 Å². The van der Waals surface area contributed by atoms with Crippen LogP contribution in [0.25, 0.3) is 0 Å². The summed E-state index contributed by atoms with van der Waals surface area (Å²) in [5.74, 6) is -0.261. The van der Waals surface area contributed by atoms with Crippen molar-refractivity contribution in [1.29, 1.82) is 5.26 Å². The van der Waals surface area contributed by atoms with Gasteiger partial charge in [0.05, 0.1) is 16.7 Å². The Morgan fingerprint density at radius 2 is 2.11 bits per heavy atom. The van der Waals surface area contributed by atoms with E-state index in [9.17, 15) is 10.1 Å². The van der Waals surface area contributed by atoms with E-state index in [1.54, 1.807) is 12.1 Å². The number of carbonyl (C=O) groups is 1. The van der Waals surface area contributed by atoms with Gasteiger partial charge in [-0.15, -0.1) is 0 Å². The number of aryl methyl sites for hydroxylation is 1. The zero-order valence-electron chi connectivity index (χ0n) is 10.3. The summed E-state index contributed by atoms with van der Waals surface area (Å²) >= 11 is 6.05. The van der Waals surface area contributed by atoms with Crippen LogP contribution >= 0.6 is 11.6 Å². The van der Waals surface area contributed by atoms with E-state index in [-0.39, 0.29) is 5.91 Å². The number of hydrogen-bond donors (Lipinski definition) is 1. The van der Waals surface area contributed by atoms with Crippen LogP contribution < -0.4 is 5.32 Å². The number of halogens is 1. The van der Waals surface area contributed by atoms with Crippen LogP contribution in [-0.4, -0.2) is 11.4 Å². The number of nitriles is 1. The third-order valence-electron chi connectivity index (χ3n) is 3.39. The minimum atomic E-state index is -0.703. The summed E-state index contributed by atoms with van der Waals surface area (Å²) in [6.07, 6.45) is 3.41. The molecule has 1 aliphatic rings. The minimum absolute atomic E-state index is 0.261. The molecule has 0 unspecified atom stereocenters. The Morgan fingerprint density at radius 1 is 1.44 bits per heavy atom. The average molecular weight is 263 g/mol. The third kappa shape index (κ3) is 2.49. The molecule has 1 aromatic carbocycles. The molecular formula is C14H15ClN2O. The standard InChI is InChI=1S/C14H15ClN2O/c1-10-4-5-11(12(15)8-10)13(18)17-14(9-16)6-2-3-7-14/h4-5,8H,2-3,6-7H2,1H3,(H,17,18). The third-order valence-corrected chi connectivity index (χ3v) is 3.71. The Kier molecular flexibility index (Phi) is 3.58. The van der Waals surface area contributed by atoms with Crippen molar-refractivity contribution in [3.05, 3.63) is 34.3 Å². The van der Waals surface area contributed by atoms with Gasteiger partial charge in [0.25, 0.3) is 5.91 Å². The van der Waals surface area contributed by atoms with Gasteiger partial charge in [-0.2, -0.15) is 5.26 Å². The fraction of sp³-hybridized carbons (Fsp3) is 0.429. The van der Waals surface area contributed by atoms with Crippen molar-refractivity contribution in [1.82, 2.24) is 5.32 Å². The Hall–Kier alpha value is -1.53. The molecule has 0 aliphatic heterocycles. The van der Waals surface area contributed by atoms with Crippen molar-refractivity contribution in [2.75, 3.05) is 0 Å². The first kappa shape index (κ1) is 12.9. The summed E-state index contributed by atoms with van der Waals surface area (Å²) in [5, 5.41) is 12.5. The fourth-order valence-corrected chi connectivity index (χ4v) is 2.65. The molecule has 0 spiro atoms. The second-order valence-electron chi connectivity index (χ2n) is 4.84. The fourth-order valence-electron chi connectivity index (χ4n) is 2.33. The highest BCUT2D eigenvalue weighted by atomic mass is 35.5.